The summed E-state index contributed by atoms with van der Waals surface area (Å²) in [4.78, 5) is 35.9. The lowest BCUT2D eigenvalue weighted by Gasteiger charge is -2.15. The smallest absolute Gasteiger partial charge is 0.321 e. The van der Waals surface area contributed by atoms with Crippen LogP contribution in [0.5, 0.6) is 5.75 Å². The fourth-order valence-electron chi connectivity index (χ4n) is 3.16. The van der Waals surface area contributed by atoms with E-state index in [1.807, 2.05) is 0 Å². The summed E-state index contributed by atoms with van der Waals surface area (Å²) in [6.45, 7) is 1.40. The molecule has 1 heterocycles. The first-order valence-electron chi connectivity index (χ1n) is 8.92. The van der Waals surface area contributed by atoms with Gasteiger partial charge < -0.3 is 19.6 Å². The third-order valence-electron chi connectivity index (χ3n) is 4.58. The molecule has 1 fully saturated rings. The number of phenols is 1. The van der Waals surface area contributed by atoms with Crippen molar-refractivity contribution in [2.24, 2.45) is 0 Å². The van der Waals surface area contributed by atoms with E-state index in [0.717, 1.165) is 25.7 Å². The van der Waals surface area contributed by atoms with E-state index in [-0.39, 0.29) is 18.2 Å². The highest BCUT2D eigenvalue weighted by molar-refractivity contribution is 5.97. The first-order chi connectivity index (χ1) is 12.9. The molecule has 2 aromatic rings. The number of furan rings is 1. The van der Waals surface area contributed by atoms with Crippen molar-refractivity contribution >= 4 is 28.9 Å². The van der Waals surface area contributed by atoms with Crippen LogP contribution in [0.3, 0.4) is 0 Å². The minimum atomic E-state index is -1.10. The summed E-state index contributed by atoms with van der Waals surface area (Å²) in [7, 11) is 0. The molecule has 3 N–H and O–H groups in total. The Kier molecular flexibility index (Phi) is 5.63. The van der Waals surface area contributed by atoms with Crippen molar-refractivity contribution < 1.29 is 28.6 Å². The normalized spacial score (nSPS) is 15.4. The van der Waals surface area contributed by atoms with Gasteiger partial charge >= 0.3 is 12.0 Å². The maximum absolute atomic E-state index is 12.1. The summed E-state index contributed by atoms with van der Waals surface area (Å²) in [6, 6.07) is 4.09. The van der Waals surface area contributed by atoms with Crippen LogP contribution >= 0.6 is 0 Å². The van der Waals surface area contributed by atoms with Gasteiger partial charge in [0.2, 0.25) is 0 Å². The molecule has 1 saturated carbocycles. The lowest BCUT2D eigenvalue weighted by Crippen LogP contribution is -2.47. The summed E-state index contributed by atoms with van der Waals surface area (Å²) in [5.41, 5.74) is 1.04. The number of benzene rings is 1. The van der Waals surface area contributed by atoms with Crippen LogP contribution in [0.2, 0.25) is 0 Å². The zero-order valence-corrected chi connectivity index (χ0v) is 15.0. The molecule has 144 valence electrons. The largest absolute Gasteiger partial charge is 0.508 e. The number of esters is 1. The number of hydrogen-bond donors (Lipinski definition) is 3. The summed E-state index contributed by atoms with van der Waals surface area (Å²) in [5.74, 6) is -1.24. The highest BCUT2D eigenvalue weighted by Gasteiger charge is 2.23. The number of phenolic OH excluding ortho intramolecular Hbond substituents is 1. The second kappa shape index (κ2) is 8.11. The first kappa shape index (κ1) is 18.8. The van der Waals surface area contributed by atoms with E-state index >= 15 is 0 Å². The number of carbonyl (C=O) groups is 3. The zero-order valence-electron chi connectivity index (χ0n) is 15.0. The standard InChI is InChI=1S/C19H22N2O6/c1-11(18(24)21-19(25)20-13-4-2-3-5-13)27-17(23)8-12-10-26-16-9-14(22)6-7-15(12)16/h6-7,9-11,13,22H,2-5,8H2,1H3,(H2,20,21,24,25)/t11-/m1/s1. The van der Waals surface area contributed by atoms with Gasteiger partial charge in [-0.25, -0.2) is 4.79 Å². The second-order valence-corrected chi connectivity index (χ2v) is 6.69. The van der Waals surface area contributed by atoms with E-state index < -0.39 is 24.0 Å². The summed E-state index contributed by atoms with van der Waals surface area (Å²) < 4.78 is 10.4. The van der Waals surface area contributed by atoms with Crippen LogP contribution < -0.4 is 10.6 Å². The topological polar surface area (TPSA) is 118 Å². The number of nitrogens with one attached hydrogen (secondary N) is 2. The molecule has 0 aliphatic heterocycles. The fourth-order valence-corrected chi connectivity index (χ4v) is 3.16. The zero-order chi connectivity index (χ0) is 19.4. The second-order valence-electron chi connectivity index (χ2n) is 6.69. The summed E-state index contributed by atoms with van der Waals surface area (Å²) in [5, 5.41) is 15.0. The molecule has 3 rings (SSSR count). The van der Waals surface area contributed by atoms with E-state index in [0.29, 0.717) is 16.5 Å². The lowest BCUT2D eigenvalue weighted by molar-refractivity contribution is -0.153. The molecular weight excluding hydrogens is 352 g/mol. The van der Waals surface area contributed by atoms with E-state index in [1.54, 1.807) is 6.07 Å². The summed E-state index contributed by atoms with van der Waals surface area (Å²) >= 11 is 0. The molecular formula is C19H22N2O6. The van der Waals surface area contributed by atoms with Crippen molar-refractivity contribution in [2.75, 3.05) is 0 Å². The van der Waals surface area contributed by atoms with E-state index in [4.69, 9.17) is 9.15 Å². The molecule has 1 aromatic carbocycles. The summed E-state index contributed by atoms with van der Waals surface area (Å²) in [6.07, 6.45) is 4.15. The Morgan fingerprint density at radius 2 is 2.04 bits per heavy atom. The number of amides is 3. The molecule has 0 bridgehead atoms. The van der Waals surface area contributed by atoms with Crippen molar-refractivity contribution in [2.45, 2.75) is 51.2 Å². The molecule has 0 radical (unpaired) electrons. The number of carbonyl (C=O) groups excluding carboxylic acids is 3. The predicted octanol–water partition coefficient (Wildman–Crippen LogP) is 2.38. The highest BCUT2D eigenvalue weighted by Crippen LogP contribution is 2.25. The third kappa shape index (κ3) is 4.78. The number of imide groups is 1. The number of hydrogen-bond acceptors (Lipinski definition) is 6. The van der Waals surface area contributed by atoms with Gasteiger partial charge in [-0.3, -0.25) is 14.9 Å². The maximum atomic E-state index is 12.1. The van der Waals surface area contributed by atoms with Crippen LogP contribution in [0.15, 0.2) is 28.9 Å². The Hall–Kier alpha value is -3.03. The quantitative estimate of drug-likeness (QED) is 0.692. The Bertz CT molecular complexity index is 853. The van der Waals surface area contributed by atoms with Crippen LogP contribution in [0, 0.1) is 0 Å². The maximum Gasteiger partial charge on any atom is 0.321 e. The van der Waals surface area contributed by atoms with Gasteiger partial charge in [-0.15, -0.1) is 0 Å². The van der Waals surface area contributed by atoms with Crippen molar-refractivity contribution in [3.05, 3.63) is 30.0 Å². The molecule has 8 heteroatoms. The van der Waals surface area contributed by atoms with Crippen LogP contribution in [-0.2, 0) is 20.7 Å². The van der Waals surface area contributed by atoms with Crippen molar-refractivity contribution in [3.63, 3.8) is 0 Å². The average Bonchev–Trinajstić information content (AvgIpc) is 3.24. The molecule has 0 saturated heterocycles. The Balaban J connectivity index is 1.50. The van der Waals surface area contributed by atoms with Crippen LogP contribution in [-0.4, -0.2) is 35.2 Å². The van der Waals surface area contributed by atoms with Gasteiger partial charge in [0.25, 0.3) is 5.91 Å². The number of ether oxygens (including phenoxy) is 1. The van der Waals surface area contributed by atoms with Crippen LogP contribution in [0.4, 0.5) is 4.79 Å². The minimum absolute atomic E-state index is 0.0622. The van der Waals surface area contributed by atoms with E-state index in [1.165, 1.54) is 25.3 Å². The molecule has 27 heavy (non-hydrogen) atoms. The van der Waals surface area contributed by atoms with E-state index in [9.17, 15) is 19.5 Å². The monoisotopic (exact) mass is 374 g/mol. The average molecular weight is 374 g/mol. The molecule has 1 aliphatic carbocycles. The molecule has 0 unspecified atom stereocenters. The van der Waals surface area contributed by atoms with Crippen molar-refractivity contribution in [3.8, 4) is 5.75 Å². The van der Waals surface area contributed by atoms with Gasteiger partial charge in [0, 0.05) is 23.1 Å². The Morgan fingerprint density at radius 3 is 2.78 bits per heavy atom. The molecule has 0 spiro atoms. The van der Waals surface area contributed by atoms with Gasteiger partial charge in [0.15, 0.2) is 6.10 Å². The molecule has 3 amide bonds. The molecule has 1 aliphatic rings. The Morgan fingerprint density at radius 1 is 1.30 bits per heavy atom. The highest BCUT2D eigenvalue weighted by atomic mass is 16.5. The van der Waals surface area contributed by atoms with Gasteiger partial charge in [-0.1, -0.05) is 12.8 Å². The third-order valence-corrected chi connectivity index (χ3v) is 4.58. The number of aromatic hydroxyl groups is 1. The van der Waals surface area contributed by atoms with Gasteiger partial charge in [0.05, 0.1) is 12.7 Å². The Labute approximate surface area is 155 Å². The molecule has 1 atom stereocenters. The number of fused-ring (bicyclic) bond motifs is 1. The van der Waals surface area contributed by atoms with Crippen molar-refractivity contribution in [1.29, 1.82) is 0 Å². The van der Waals surface area contributed by atoms with Crippen molar-refractivity contribution in [1.82, 2.24) is 10.6 Å². The first-order valence-corrected chi connectivity index (χ1v) is 8.92. The SMILES string of the molecule is C[C@@H](OC(=O)Cc1coc2cc(O)ccc12)C(=O)NC(=O)NC1CCCC1. The van der Waals surface area contributed by atoms with Gasteiger partial charge in [-0.2, -0.15) is 0 Å². The number of urea groups is 1. The fraction of sp³-hybridized carbons (Fsp3) is 0.421. The van der Waals surface area contributed by atoms with Crippen LogP contribution in [0.1, 0.15) is 38.2 Å². The molecule has 1 aromatic heterocycles. The van der Waals surface area contributed by atoms with Gasteiger partial charge in [-0.05, 0) is 31.9 Å². The minimum Gasteiger partial charge on any atom is -0.508 e. The molecule has 8 nitrogen and oxygen atoms in total. The van der Waals surface area contributed by atoms with Gasteiger partial charge in [0.1, 0.15) is 11.3 Å². The van der Waals surface area contributed by atoms with Crippen LogP contribution in [0.25, 0.3) is 11.0 Å². The number of rotatable bonds is 5. The lowest BCUT2D eigenvalue weighted by atomic mass is 10.1. The van der Waals surface area contributed by atoms with E-state index in [2.05, 4.69) is 10.6 Å². The predicted molar refractivity (Wildman–Crippen MR) is 96.1 cm³/mol.